The molecule has 0 aromatic carbocycles. The van der Waals surface area contributed by atoms with Crippen molar-refractivity contribution in [2.24, 2.45) is 0 Å². The normalized spacial score (nSPS) is 12.2. The average Bonchev–Trinajstić information content (AvgIpc) is 2.11. The van der Waals surface area contributed by atoms with E-state index < -0.39 is 17.0 Å². The van der Waals surface area contributed by atoms with E-state index in [1.807, 2.05) is 0 Å². The predicted octanol–water partition coefficient (Wildman–Crippen LogP) is 0.806. The predicted molar refractivity (Wildman–Crippen MR) is 50.4 cm³/mol. The first kappa shape index (κ1) is 12.3. The molecule has 0 N–H and O–H groups in total. The molecular formula is C8H14O4S. The molecule has 0 spiro atoms. The molecule has 1 atom stereocenters. The second kappa shape index (κ2) is 6.80. The molecular weight excluding hydrogens is 192 g/mol. The van der Waals surface area contributed by atoms with Crippen LogP contribution in [0.3, 0.4) is 0 Å². The Morgan fingerprint density at radius 2 is 2.15 bits per heavy atom. The molecule has 0 heterocycles. The van der Waals surface area contributed by atoms with Gasteiger partial charge in [-0.05, 0) is 13.3 Å². The van der Waals surface area contributed by atoms with E-state index in [0.717, 1.165) is 0 Å². The minimum Gasteiger partial charge on any atom is -0.462 e. The van der Waals surface area contributed by atoms with Crippen LogP contribution in [0.1, 0.15) is 13.3 Å². The lowest BCUT2D eigenvalue weighted by molar-refractivity contribution is -0.138. The Morgan fingerprint density at radius 1 is 1.54 bits per heavy atom. The van der Waals surface area contributed by atoms with Gasteiger partial charge in [-0.1, -0.05) is 6.58 Å². The summed E-state index contributed by atoms with van der Waals surface area (Å²) in [7, 11) is 1.37. The summed E-state index contributed by atoms with van der Waals surface area (Å²) in [4.78, 5) is 10.8. The van der Waals surface area contributed by atoms with Gasteiger partial charge in [-0.3, -0.25) is 4.18 Å². The second-order valence-corrected chi connectivity index (χ2v) is 3.79. The molecule has 0 aromatic heterocycles. The standard InChI is InChI=1S/C8H14O4S/c1-7(2)8(9)12-5-4-6-13(10)11-3/h1,4-6H2,2-3H3. The third-order valence-electron chi connectivity index (χ3n) is 1.22. The van der Waals surface area contributed by atoms with Crippen molar-refractivity contribution in [2.75, 3.05) is 19.5 Å². The molecule has 0 aliphatic rings. The number of esters is 1. The highest BCUT2D eigenvalue weighted by Gasteiger charge is 2.03. The summed E-state index contributed by atoms with van der Waals surface area (Å²) >= 11 is -1.27. The highest BCUT2D eigenvalue weighted by molar-refractivity contribution is 7.80. The minimum atomic E-state index is -1.27. The van der Waals surface area contributed by atoms with Gasteiger partial charge >= 0.3 is 5.97 Å². The average molecular weight is 206 g/mol. The van der Waals surface area contributed by atoms with E-state index in [0.29, 0.717) is 17.7 Å². The molecule has 0 amide bonds. The topological polar surface area (TPSA) is 52.6 Å². The number of rotatable bonds is 6. The van der Waals surface area contributed by atoms with Gasteiger partial charge < -0.3 is 4.74 Å². The van der Waals surface area contributed by atoms with Crippen molar-refractivity contribution in [1.82, 2.24) is 0 Å². The summed E-state index contributed by atoms with van der Waals surface area (Å²) in [6.07, 6.45) is 0.527. The molecule has 0 rings (SSSR count). The van der Waals surface area contributed by atoms with Gasteiger partial charge in [-0.25, -0.2) is 9.00 Å². The Bertz CT molecular complexity index is 212. The third kappa shape index (κ3) is 6.48. The summed E-state index contributed by atoms with van der Waals surface area (Å²) in [6, 6.07) is 0. The Balaban J connectivity index is 3.41. The van der Waals surface area contributed by atoms with Crippen LogP contribution in [0.25, 0.3) is 0 Å². The summed E-state index contributed by atoms with van der Waals surface area (Å²) < 4.78 is 20.0. The first-order chi connectivity index (χ1) is 6.07. The first-order valence-electron chi connectivity index (χ1n) is 3.83. The quantitative estimate of drug-likeness (QED) is 0.366. The van der Waals surface area contributed by atoms with Gasteiger partial charge in [0.2, 0.25) is 0 Å². The van der Waals surface area contributed by atoms with E-state index in [1.54, 1.807) is 6.92 Å². The molecule has 0 bridgehead atoms. The Kier molecular flexibility index (Phi) is 6.44. The molecule has 13 heavy (non-hydrogen) atoms. The van der Waals surface area contributed by atoms with Gasteiger partial charge in [0, 0.05) is 5.57 Å². The fraction of sp³-hybridized carbons (Fsp3) is 0.625. The zero-order chi connectivity index (χ0) is 10.3. The lowest BCUT2D eigenvalue weighted by Gasteiger charge is -2.02. The molecule has 5 heteroatoms. The molecule has 0 radical (unpaired) electrons. The van der Waals surface area contributed by atoms with Crippen LogP contribution in [0, 0.1) is 0 Å². The Morgan fingerprint density at radius 3 is 2.62 bits per heavy atom. The van der Waals surface area contributed by atoms with E-state index in [-0.39, 0.29) is 6.61 Å². The fourth-order valence-electron chi connectivity index (χ4n) is 0.548. The second-order valence-electron chi connectivity index (χ2n) is 2.44. The molecule has 0 aliphatic heterocycles. The van der Waals surface area contributed by atoms with Crippen LogP contribution >= 0.6 is 0 Å². The van der Waals surface area contributed by atoms with Crippen LogP contribution in [0.4, 0.5) is 0 Å². The van der Waals surface area contributed by atoms with E-state index in [4.69, 9.17) is 4.74 Å². The van der Waals surface area contributed by atoms with Crippen LogP contribution in [-0.2, 0) is 24.8 Å². The number of hydrogen-bond acceptors (Lipinski definition) is 4. The van der Waals surface area contributed by atoms with Crippen molar-refractivity contribution in [3.63, 3.8) is 0 Å². The molecule has 0 saturated carbocycles. The summed E-state index contributed by atoms with van der Waals surface area (Å²) in [5.41, 5.74) is 0.368. The number of carbonyl (C=O) groups excluding carboxylic acids is 1. The van der Waals surface area contributed by atoms with Crippen molar-refractivity contribution in [3.8, 4) is 0 Å². The maximum Gasteiger partial charge on any atom is 0.333 e. The van der Waals surface area contributed by atoms with E-state index in [9.17, 15) is 9.00 Å². The van der Waals surface area contributed by atoms with Crippen molar-refractivity contribution < 1.29 is 17.9 Å². The van der Waals surface area contributed by atoms with Crippen molar-refractivity contribution >= 4 is 17.0 Å². The minimum absolute atomic E-state index is 0.251. The molecule has 0 aromatic rings. The Labute approximate surface area is 80.6 Å². The van der Waals surface area contributed by atoms with E-state index in [1.165, 1.54) is 7.11 Å². The summed E-state index contributed by atoms with van der Waals surface area (Å²) in [6.45, 7) is 5.26. The lowest BCUT2D eigenvalue weighted by atomic mass is 10.4. The van der Waals surface area contributed by atoms with Gasteiger partial charge in [-0.15, -0.1) is 0 Å². The van der Waals surface area contributed by atoms with Crippen LogP contribution in [0.2, 0.25) is 0 Å². The van der Waals surface area contributed by atoms with E-state index >= 15 is 0 Å². The molecule has 1 unspecified atom stereocenters. The van der Waals surface area contributed by atoms with Crippen molar-refractivity contribution in [3.05, 3.63) is 12.2 Å². The van der Waals surface area contributed by atoms with Crippen molar-refractivity contribution in [2.45, 2.75) is 13.3 Å². The Hall–Kier alpha value is -0.680. The maximum absolute atomic E-state index is 10.8. The lowest BCUT2D eigenvalue weighted by Crippen LogP contribution is -2.09. The first-order valence-corrected chi connectivity index (χ1v) is 5.07. The highest BCUT2D eigenvalue weighted by atomic mass is 32.2. The van der Waals surface area contributed by atoms with E-state index in [2.05, 4.69) is 10.8 Å². The van der Waals surface area contributed by atoms with Gasteiger partial charge in [0.05, 0.1) is 19.5 Å². The van der Waals surface area contributed by atoms with Crippen LogP contribution in [0.5, 0.6) is 0 Å². The molecule has 4 nitrogen and oxygen atoms in total. The highest BCUT2D eigenvalue weighted by Crippen LogP contribution is 1.94. The molecule has 0 aliphatic carbocycles. The third-order valence-corrected chi connectivity index (χ3v) is 2.22. The van der Waals surface area contributed by atoms with Gasteiger partial charge in [0.1, 0.15) is 0 Å². The zero-order valence-electron chi connectivity index (χ0n) is 7.87. The van der Waals surface area contributed by atoms with Gasteiger partial charge in [-0.2, -0.15) is 0 Å². The maximum atomic E-state index is 10.8. The largest absolute Gasteiger partial charge is 0.462 e. The smallest absolute Gasteiger partial charge is 0.333 e. The molecule has 0 fully saturated rings. The van der Waals surface area contributed by atoms with Gasteiger partial charge in [0.25, 0.3) is 0 Å². The number of ether oxygens (including phenoxy) is 1. The SMILES string of the molecule is C=C(C)C(=O)OCCCS(=O)OC. The van der Waals surface area contributed by atoms with Crippen LogP contribution < -0.4 is 0 Å². The number of carbonyl (C=O) groups is 1. The summed E-state index contributed by atoms with van der Waals surface area (Å²) in [5.74, 6) is -0.0387. The summed E-state index contributed by atoms with van der Waals surface area (Å²) in [5, 5.41) is 0. The van der Waals surface area contributed by atoms with Crippen LogP contribution in [0.15, 0.2) is 12.2 Å². The fourth-order valence-corrected chi connectivity index (χ4v) is 1.07. The zero-order valence-corrected chi connectivity index (χ0v) is 8.69. The molecule has 76 valence electrons. The van der Waals surface area contributed by atoms with Gasteiger partial charge in [0.15, 0.2) is 11.1 Å². The molecule has 0 saturated heterocycles. The van der Waals surface area contributed by atoms with Crippen LogP contribution in [-0.4, -0.2) is 29.6 Å². The monoisotopic (exact) mass is 206 g/mol. The number of hydrogen-bond donors (Lipinski definition) is 0. The van der Waals surface area contributed by atoms with Crippen molar-refractivity contribution in [1.29, 1.82) is 0 Å².